The predicted molar refractivity (Wildman–Crippen MR) is 108 cm³/mol. The SMILES string of the molecule is CC(C)Cn1c(SC(C)C(=O)N(C)c2ccccc2)nnc1-c1ccco1. The van der Waals surface area contributed by atoms with Crippen molar-refractivity contribution in [1.29, 1.82) is 0 Å². The highest BCUT2D eigenvalue weighted by Crippen LogP contribution is 2.29. The summed E-state index contributed by atoms with van der Waals surface area (Å²) in [5, 5.41) is 9.05. The first-order valence-electron chi connectivity index (χ1n) is 8.93. The molecule has 0 spiro atoms. The molecule has 1 unspecified atom stereocenters. The van der Waals surface area contributed by atoms with E-state index in [1.54, 1.807) is 18.2 Å². The molecule has 1 aromatic carbocycles. The normalized spacial score (nSPS) is 12.3. The second kappa shape index (κ2) is 8.43. The van der Waals surface area contributed by atoms with Gasteiger partial charge in [0.15, 0.2) is 16.7 Å². The molecule has 3 rings (SSSR count). The van der Waals surface area contributed by atoms with Crippen molar-refractivity contribution in [2.24, 2.45) is 5.92 Å². The minimum atomic E-state index is -0.297. The van der Waals surface area contributed by atoms with Gasteiger partial charge in [0.05, 0.1) is 11.5 Å². The van der Waals surface area contributed by atoms with Crippen molar-refractivity contribution in [3.63, 3.8) is 0 Å². The van der Waals surface area contributed by atoms with E-state index in [0.29, 0.717) is 17.5 Å². The first kappa shape index (κ1) is 19.2. The van der Waals surface area contributed by atoms with Crippen LogP contribution in [0, 0.1) is 5.92 Å². The lowest BCUT2D eigenvalue weighted by molar-refractivity contribution is -0.117. The molecule has 0 radical (unpaired) electrons. The van der Waals surface area contributed by atoms with E-state index in [1.807, 2.05) is 54.0 Å². The number of hydrogen-bond acceptors (Lipinski definition) is 5. The van der Waals surface area contributed by atoms with Gasteiger partial charge in [-0.3, -0.25) is 9.36 Å². The van der Waals surface area contributed by atoms with Crippen LogP contribution in [-0.2, 0) is 11.3 Å². The number of nitrogens with zero attached hydrogens (tertiary/aromatic N) is 4. The van der Waals surface area contributed by atoms with Crippen molar-refractivity contribution < 1.29 is 9.21 Å². The molecule has 1 amide bonds. The van der Waals surface area contributed by atoms with Gasteiger partial charge in [0, 0.05) is 19.3 Å². The molecule has 0 aliphatic carbocycles. The molecule has 0 N–H and O–H groups in total. The number of para-hydroxylation sites is 1. The fourth-order valence-corrected chi connectivity index (χ4v) is 3.71. The number of hydrogen-bond donors (Lipinski definition) is 0. The highest BCUT2D eigenvalue weighted by Gasteiger charge is 2.24. The molecule has 3 aromatic rings. The van der Waals surface area contributed by atoms with Crippen LogP contribution >= 0.6 is 11.8 Å². The van der Waals surface area contributed by atoms with Gasteiger partial charge in [0.25, 0.3) is 0 Å². The van der Waals surface area contributed by atoms with Crippen molar-refractivity contribution in [3.8, 4) is 11.6 Å². The molecular weight excluding hydrogens is 360 g/mol. The quantitative estimate of drug-likeness (QED) is 0.567. The molecule has 0 fully saturated rings. The number of thioether (sulfide) groups is 1. The monoisotopic (exact) mass is 384 g/mol. The average Bonchev–Trinajstić information content (AvgIpc) is 3.31. The third-order valence-electron chi connectivity index (χ3n) is 4.11. The van der Waals surface area contributed by atoms with Gasteiger partial charge >= 0.3 is 0 Å². The molecule has 1 atom stereocenters. The van der Waals surface area contributed by atoms with Gasteiger partial charge < -0.3 is 9.32 Å². The maximum atomic E-state index is 12.8. The molecule has 0 saturated carbocycles. The van der Waals surface area contributed by atoms with Crippen LogP contribution in [0.15, 0.2) is 58.3 Å². The Morgan fingerprint density at radius 2 is 1.89 bits per heavy atom. The minimum absolute atomic E-state index is 0.0184. The van der Waals surface area contributed by atoms with Crippen LogP contribution < -0.4 is 4.90 Å². The summed E-state index contributed by atoms with van der Waals surface area (Å²) in [6.45, 7) is 6.92. The fraction of sp³-hybridized carbons (Fsp3) is 0.350. The summed E-state index contributed by atoms with van der Waals surface area (Å²) in [5.41, 5.74) is 0.870. The van der Waals surface area contributed by atoms with Crippen LogP contribution in [-0.4, -0.2) is 33.0 Å². The minimum Gasteiger partial charge on any atom is -0.461 e. The molecule has 0 aliphatic heterocycles. The largest absolute Gasteiger partial charge is 0.461 e. The predicted octanol–water partition coefficient (Wildman–Crippen LogP) is 4.34. The van der Waals surface area contributed by atoms with Gasteiger partial charge in [-0.15, -0.1) is 10.2 Å². The van der Waals surface area contributed by atoms with E-state index in [1.165, 1.54) is 11.8 Å². The first-order valence-corrected chi connectivity index (χ1v) is 9.81. The second-order valence-corrected chi connectivity index (χ2v) is 8.09. The summed E-state index contributed by atoms with van der Waals surface area (Å²) in [4.78, 5) is 14.5. The second-order valence-electron chi connectivity index (χ2n) is 6.78. The Hall–Kier alpha value is -2.54. The fourth-order valence-electron chi connectivity index (χ4n) is 2.75. The lowest BCUT2D eigenvalue weighted by Gasteiger charge is -2.21. The number of furan rings is 1. The van der Waals surface area contributed by atoms with Gasteiger partial charge in [-0.05, 0) is 37.1 Å². The van der Waals surface area contributed by atoms with Crippen LogP contribution in [0.25, 0.3) is 11.6 Å². The molecule has 2 aromatic heterocycles. The number of aromatic nitrogens is 3. The van der Waals surface area contributed by atoms with E-state index < -0.39 is 0 Å². The highest BCUT2D eigenvalue weighted by molar-refractivity contribution is 8.00. The molecule has 2 heterocycles. The number of rotatable bonds is 7. The topological polar surface area (TPSA) is 64.2 Å². The van der Waals surface area contributed by atoms with Gasteiger partial charge in [0.1, 0.15) is 0 Å². The summed E-state index contributed by atoms with van der Waals surface area (Å²) in [7, 11) is 1.79. The van der Waals surface area contributed by atoms with Crippen LogP contribution in [0.2, 0.25) is 0 Å². The van der Waals surface area contributed by atoms with Crippen molar-refractivity contribution in [3.05, 3.63) is 48.7 Å². The van der Waals surface area contributed by atoms with Crippen molar-refractivity contribution in [2.45, 2.75) is 37.7 Å². The Balaban J connectivity index is 1.81. The smallest absolute Gasteiger partial charge is 0.240 e. The number of carbonyl (C=O) groups is 1. The zero-order valence-corrected chi connectivity index (χ0v) is 16.8. The highest BCUT2D eigenvalue weighted by atomic mass is 32.2. The zero-order valence-electron chi connectivity index (χ0n) is 16.0. The Morgan fingerprint density at radius 1 is 1.15 bits per heavy atom. The molecule has 27 heavy (non-hydrogen) atoms. The molecule has 0 aliphatic rings. The van der Waals surface area contributed by atoms with Crippen LogP contribution in [0.1, 0.15) is 20.8 Å². The first-order chi connectivity index (χ1) is 13.0. The summed E-state index contributed by atoms with van der Waals surface area (Å²) in [6.07, 6.45) is 1.62. The summed E-state index contributed by atoms with van der Waals surface area (Å²) in [5.74, 6) is 1.79. The molecule has 6 nitrogen and oxygen atoms in total. The van der Waals surface area contributed by atoms with E-state index in [9.17, 15) is 4.79 Å². The average molecular weight is 385 g/mol. The third kappa shape index (κ3) is 4.42. The van der Waals surface area contributed by atoms with Crippen molar-refractivity contribution >= 4 is 23.4 Å². The van der Waals surface area contributed by atoms with Crippen molar-refractivity contribution in [1.82, 2.24) is 14.8 Å². The summed E-state index contributed by atoms with van der Waals surface area (Å²) in [6, 6.07) is 13.3. The maximum absolute atomic E-state index is 12.8. The van der Waals surface area contributed by atoms with E-state index in [4.69, 9.17) is 4.42 Å². The number of benzene rings is 1. The maximum Gasteiger partial charge on any atom is 0.240 e. The van der Waals surface area contributed by atoms with Crippen molar-refractivity contribution in [2.75, 3.05) is 11.9 Å². The van der Waals surface area contributed by atoms with Crippen LogP contribution in [0.5, 0.6) is 0 Å². The Morgan fingerprint density at radius 3 is 2.52 bits per heavy atom. The Bertz CT molecular complexity index is 875. The number of amides is 1. The van der Waals surface area contributed by atoms with Crippen LogP contribution in [0.3, 0.4) is 0 Å². The molecule has 0 saturated heterocycles. The summed E-state index contributed by atoms with van der Waals surface area (Å²) >= 11 is 1.42. The standard InChI is InChI=1S/C20H24N4O2S/c1-14(2)13-24-18(17-11-8-12-26-17)21-22-20(24)27-15(3)19(25)23(4)16-9-6-5-7-10-16/h5-12,14-15H,13H2,1-4H3. The zero-order chi connectivity index (χ0) is 19.4. The van der Waals surface area contributed by atoms with Gasteiger partial charge in [-0.1, -0.05) is 43.8 Å². The molecule has 142 valence electrons. The van der Waals surface area contributed by atoms with Gasteiger partial charge in [0.2, 0.25) is 5.91 Å². The number of carbonyl (C=O) groups excluding carboxylic acids is 1. The van der Waals surface area contributed by atoms with E-state index in [0.717, 1.165) is 17.4 Å². The third-order valence-corrected chi connectivity index (χ3v) is 5.18. The molecule has 0 bridgehead atoms. The summed E-state index contributed by atoms with van der Waals surface area (Å²) < 4.78 is 7.52. The van der Waals surface area contributed by atoms with E-state index >= 15 is 0 Å². The lowest BCUT2D eigenvalue weighted by Crippen LogP contribution is -2.33. The molecule has 7 heteroatoms. The van der Waals surface area contributed by atoms with Crippen LogP contribution in [0.4, 0.5) is 5.69 Å². The van der Waals surface area contributed by atoms with Gasteiger partial charge in [-0.25, -0.2) is 0 Å². The van der Waals surface area contributed by atoms with E-state index in [2.05, 4.69) is 24.0 Å². The van der Waals surface area contributed by atoms with Gasteiger partial charge in [-0.2, -0.15) is 0 Å². The Labute approximate surface area is 163 Å². The molecular formula is C20H24N4O2S. The lowest BCUT2D eigenvalue weighted by atomic mass is 10.2. The van der Waals surface area contributed by atoms with E-state index in [-0.39, 0.29) is 11.2 Å². The number of anilines is 1. The Kier molecular flexibility index (Phi) is 6.01.